The lowest BCUT2D eigenvalue weighted by atomic mass is 9.99. The van der Waals surface area contributed by atoms with Gasteiger partial charge in [-0.2, -0.15) is 0 Å². The van der Waals surface area contributed by atoms with Crippen LogP contribution in [-0.2, 0) is 0 Å². The van der Waals surface area contributed by atoms with Gasteiger partial charge in [0.2, 0.25) is 0 Å². The summed E-state index contributed by atoms with van der Waals surface area (Å²) in [6, 6.07) is 5.56. The van der Waals surface area contributed by atoms with E-state index in [0.717, 1.165) is 24.3 Å². The van der Waals surface area contributed by atoms with E-state index in [4.69, 9.17) is 28.9 Å². The fourth-order valence-corrected chi connectivity index (χ4v) is 2.24. The molecule has 1 rings (SSSR count). The molecule has 1 unspecified atom stereocenters. The molecule has 0 saturated carbocycles. The summed E-state index contributed by atoms with van der Waals surface area (Å²) in [6.45, 7) is 4.45. The van der Waals surface area contributed by atoms with Crippen LogP contribution < -0.4 is 5.73 Å². The van der Waals surface area contributed by atoms with Crippen LogP contribution in [0.4, 0.5) is 0 Å². The molecule has 0 aromatic heterocycles. The summed E-state index contributed by atoms with van der Waals surface area (Å²) in [5.41, 5.74) is 7.13. The highest BCUT2D eigenvalue weighted by Gasteiger charge is 2.08. The molecule has 1 atom stereocenters. The lowest BCUT2D eigenvalue weighted by Crippen LogP contribution is -2.10. The van der Waals surface area contributed by atoms with Crippen LogP contribution >= 0.6 is 23.2 Å². The van der Waals surface area contributed by atoms with Gasteiger partial charge in [0.25, 0.3) is 0 Å². The van der Waals surface area contributed by atoms with Crippen LogP contribution in [0.3, 0.4) is 0 Å². The van der Waals surface area contributed by atoms with E-state index in [-0.39, 0.29) is 6.04 Å². The quantitative estimate of drug-likeness (QED) is 0.807. The van der Waals surface area contributed by atoms with Gasteiger partial charge in [-0.15, -0.1) is 0 Å². The van der Waals surface area contributed by atoms with Crippen LogP contribution in [0, 0.1) is 5.92 Å². The van der Waals surface area contributed by atoms with Gasteiger partial charge < -0.3 is 5.73 Å². The van der Waals surface area contributed by atoms with E-state index >= 15 is 0 Å². The number of rotatable bonds is 5. The third kappa shape index (κ3) is 4.73. The fraction of sp³-hybridized carbons (Fsp3) is 0.538. The molecular formula is C13H19Cl2N. The Morgan fingerprint density at radius 2 is 1.62 bits per heavy atom. The van der Waals surface area contributed by atoms with Gasteiger partial charge in [-0.1, -0.05) is 49.9 Å². The minimum atomic E-state index is 0.0370. The molecule has 1 nitrogen and oxygen atoms in total. The summed E-state index contributed by atoms with van der Waals surface area (Å²) in [7, 11) is 0. The first-order valence-corrected chi connectivity index (χ1v) is 6.46. The smallest absolute Gasteiger partial charge is 0.0424 e. The lowest BCUT2D eigenvalue weighted by Gasteiger charge is -2.13. The number of nitrogens with two attached hydrogens (primary N) is 1. The van der Waals surface area contributed by atoms with Gasteiger partial charge in [0, 0.05) is 16.1 Å². The second-order valence-corrected chi connectivity index (χ2v) is 5.51. The second kappa shape index (κ2) is 6.48. The molecule has 0 fully saturated rings. The van der Waals surface area contributed by atoms with Gasteiger partial charge in [0.15, 0.2) is 0 Å². The van der Waals surface area contributed by atoms with E-state index in [1.807, 2.05) is 12.1 Å². The van der Waals surface area contributed by atoms with Crippen molar-refractivity contribution in [2.45, 2.75) is 39.2 Å². The zero-order valence-electron chi connectivity index (χ0n) is 9.84. The molecule has 0 radical (unpaired) electrons. The summed E-state index contributed by atoms with van der Waals surface area (Å²) in [5, 5.41) is 1.31. The van der Waals surface area contributed by atoms with Gasteiger partial charge in [0.05, 0.1) is 0 Å². The zero-order chi connectivity index (χ0) is 12.1. The molecule has 0 aliphatic carbocycles. The maximum Gasteiger partial charge on any atom is 0.0424 e. The Kier molecular flexibility index (Phi) is 5.60. The predicted molar refractivity (Wildman–Crippen MR) is 72.1 cm³/mol. The van der Waals surface area contributed by atoms with E-state index in [9.17, 15) is 0 Å². The second-order valence-electron chi connectivity index (χ2n) is 4.63. The molecule has 2 N–H and O–H groups in total. The van der Waals surface area contributed by atoms with Crippen molar-refractivity contribution in [1.29, 1.82) is 0 Å². The van der Waals surface area contributed by atoms with Gasteiger partial charge in [-0.3, -0.25) is 0 Å². The molecule has 0 aliphatic rings. The molecule has 0 amide bonds. The standard InChI is InChI=1S/C13H19Cl2N/c1-9(2)4-3-5-13(16)10-6-11(14)8-12(15)7-10/h6-9,13H,3-5,16H2,1-2H3. The number of benzene rings is 1. The maximum absolute atomic E-state index is 6.10. The Labute approximate surface area is 108 Å². The highest BCUT2D eigenvalue weighted by atomic mass is 35.5. The Bertz CT molecular complexity index is 316. The minimum Gasteiger partial charge on any atom is -0.324 e. The fourth-order valence-electron chi connectivity index (χ4n) is 1.70. The van der Waals surface area contributed by atoms with E-state index in [0.29, 0.717) is 10.0 Å². The van der Waals surface area contributed by atoms with Crippen molar-refractivity contribution in [2.24, 2.45) is 11.7 Å². The summed E-state index contributed by atoms with van der Waals surface area (Å²) in [5.74, 6) is 0.732. The van der Waals surface area contributed by atoms with Crippen molar-refractivity contribution >= 4 is 23.2 Å². The van der Waals surface area contributed by atoms with E-state index in [1.165, 1.54) is 6.42 Å². The van der Waals surface area contributed by atoms with Crippen LogP contribution in [0.1, 0.15) is 44.7 Å². The average Bonchev–Trinajstić information content (AvgIpc) is 2.15. The summed E-state index contributed by atoms with van der Waals surface area (Å²) in [4.78, 5) is 0. The van der Waals surface area contributed by atoms with E-state index in [1.54, 1.807) is 6.07 Å². The van der Waals surface area contributed by atoms with Crippen molar-refractivity contribution in [3.05, 3.63) is 33.8 Å². The van der Waals surface area contributed by atoms with Gasteiger partial charge in [-0.25, -0.2) is 0 Å². The summed E-state index contributed by atoms with van der Waals surface area (Å²) in [6.07, 6.45) is 3.33. The van der Waals surface area contributed by atoms with E-state index < -0.39 is 0 Å². The Morgan fingerprint density at radius 3 is 2.12 bits per heavy atom. The molecule has 3 heteroatoms. The average molecular weight is 260 g/mol. The highest BCUT2D eigenvalue weighted by molar-refractivity contribution is 6.34. The highest BCUT2D eigenvalue weighted by Crippen LogP contribution is 2.25. The number of hydrogen-bond acceptors (Lipinski definition) is 1. The SMILES string of the molecule is CC(C)CCCC(N)c1cc(Cl)cc(Cl)c1. The van der Waals surface area contributed by atoms with Gasteiger partial charge in [-0.05, 0) is 36.1 Å². The third-order valence-corrected chi connectivity index (χ3v) is 3.05. The Hall–Kier alpha value is -0.240. The van der Waals surface area contributed by atoms with Crippen LogP contribution in [0.15, 0.2) is 18.2 Å². The normalized spacial score (nSPS) is 13.1. The molecule has 0 saturated heterocycles. The van der Waals surface area contributed by atoms with Crippen molar-refractivity contribution in [1.82, 2.24) is 0 Å². The lowest BCUT2D eigenvalue weighted by molar-refractivity contribution is 0.505. The van der Waals surface area contributed by atoms with Crippen molar-refractivity contribution < 1.29 is 0 Å². The van der Waals surface area contributed by atoms with Crippen LogP contribution in [0.25, 0.3) is 0 Å². The number of halogens is 2. The summed E-state index contributed by atoms with van der Waals surface area (Å²) < 4.78 is 0. The monoisotopic (exact) mass is 259 g/mol. The van der Waals surface area contributed by atoms with Crippen molar-refractivity contribution in [3.63, 3.8) is 0 Å². The Balaban J connectivity index is 2.55. The zero-order valence-corrected chi connectivity index (χ0v) is 11.4. The summed E-state index contributed by atoms with van der Waals surface area (Å²) >= 11 is 11.9. The number of hydrogen-bond donors (Lipinski definition) is 1. The van der Waals surface area contributed by atoms with Crippen molar-refractivity contribution in [3.8, 4) is 0 Å². The molecule has 1 aromatic rings. The Morgan fingerprint density at radius 1 is 1.06 bits per heavy atom. The van der Waals surface area contributed by atoms with Crippen LogP contribution in [0.5, 0.6) is 0 Å². The molecule has 0 bridgehead atoms. The molecule has 0 spiro atoms. The van der Waals surface area contributed by atoms with Gasteiger partial charge in [0.1, 0.15) is 0 Å². The maximum atomic E-state index is 6.10. The third-order valence-electron chi connectivity index (χ3n) is 2.61. The first-order valence-electron chi connectivity index (χ1n) is 5.70. The molecule has 0 aliphatic heterocycles. The minimum absolute atomic E-state index is 0.0370. The first-order chi connectivity index (χ1) is 7.49. The first kappa shape index (κ1) is 13.8. The van der Waals surface area contributed by atoms with Crippen molar-refractivity contribution in [2.75, 3.05) is 0 Å². The van der Waals surface area contributed by atoms with Crippen LogP contribution in [-0.4, -0.2) is 0 Å². The van der Waals surface area contributed by atoms with E-state index in [2.05, 4.69) is 13.8 Å². The molecular weight excluding hydrogens is 241 g/mol. The van der Waals surface area contributed by atoms with Gasteiger partial charge >= 0.3 is 0 Å². The molecule has 16 heavy (non-hydrogen) atoms. The van der Waals surface area contributed by atoms with Crippen LogP contribution in [0.2, 0.25) is 10.0 Å². The molecule has 90 valence electrons. The predicted octanol–water partition coefficient (Wildman–Crippen LogP) is 4.82. The largest absolute Gasteiger partial charge is 0.324 e. The molecule has 1 aromatic carbocycles. The molecule has 0 heterocycles. The topological polar surface area (TPSA) is 26.0 Å².